The monoisotopic (exact) mass is 744 g/mol. The predicted molar refractivity (Wildman–Crippen MR) is 249 cm³/mol. The lowest BCUT2D eigenvalue weighted by Crippen LogP contribution is -2.14. The number of rotatable bonds is 8. The fourth-order valence-corrected chi connectivity index (χ4v) is 9.08. The molecular formula is C56H44N2. The summed E-state index contributed by atoms with van der Waals surface area (Å²) in [4.78, 5) is 4.99. The minimum atomic E-state index is 1.14. The highest BCUT2D eigenvalue weighted by Gasteiger charge is 2.25. The quantitative estimate of drug-likeness (QED) is 0.143. The third kappa shape index (κ3) is 5.97. The largest absolute Gasteiger partial charge is 0.309 e. The second-order valence-electron chi connectivity index (χ2n) is 15.6. The molecule has 0 aliphatic heterocycles. The lowest BCUT2D eigenvalue weighted by atomic mass is 9.90. The highest BCUT2D eigenvalue weighted by atomic mass is 15.2. The lowest BCUT2D eigenvalue weighted by Gasteiger charge is -2.32. The first-order valence-electron chi connectivity index (χ1n) is 20.2. The second-order valence-corrected chi connectivity index (χ2v) is 15.6. The van der Waals surface area contributed by atoms with Crippen LogP contribution in [0.5, 0.6) is 0 Å². The number of nitrogens with zero attached hydrogens (tertiary/aromatic N) is 2. The SMILES string of the molecule is Cc1cccc(N(c2c(C)cccc2-c2ccccc2)c2ccc3ccc4c(N(c5cccc(C)c5)c5c(C)cccc5-c5ccccc5)ccc5ccc2c3c54)c1. The van der Waals surface area contributed by atoms with E-state index in [0.717, 1.165) is 22.7 Å². The van der Waals surface area contributed by atoms with Crippen LogP contribution in [0.15, 0.2) is 194 Å². The van der Waals surface area contributed by atoms with Gasteiger partial charge in [-0.3, -0.25) is 0 Å². The summed E-state index contributed by atoms with van der Waals surface area (Å²) in [5, 5.41) is 7.46. The molecule has 0 unspecified atom stereocenters. The molecule has 278 valence electrons. The third-order valence-electron chi connectivity index (χ3n) is 11.7. The van der Waals surface area contributed by atoms with E-state index in [9.17, 15) is 0 Å². The van der Waals surface area contributed by atoms with Gasteiger partial charge in [-0.05, 0) is 119 Å². The van der Waals surface area contributed by atoms with Crippen LogP contribution in [0.25, 0.3) is 54.6 Å². The molecule has 0 heterocycles. The van der Waals surface area contributed by atoms with Crippen molar-refractivity contribution in [1.29, 1.82) is 0 Å². The Morgan fingerprint density at radius 3 is 1.14 bits per heavy atom. The van der Waals surface area contributed by atoms with Gasteiger partial charge in [-0.15, -0.1) is 0 Å². The minimum absolute atomic E-state index is 1.14. The van der Waals surface area contributed by atoms with E-state index in [2.05, 4.69) is 232 Å². The van der Waals surface area contributed by atoms with Crippen LogP contribution in [0, 0.1) is 27.7 Å². The van der Waals surface area contributed by atoms with Gasteiger partial charge in [0.2, 0.25) is 0 Å². The molecule has 2 nitrogen and oxygen atoms in total. The van der Waals surface area contributed by atoms with Crippen LogP contribution in [-0.2, 0) is 0 Å². The molecule has 58 heavy (non-hydrogen) atoms. The molecule has 10 aromatic rings. The molecule has 0 atom stereocenters. The van der Waals surface area contributed by atoms with Gasteiger partial charge in [0.05, 0.1) is 22.7 Å². The van der Waals surface area contributed by atoms with Crippen LogP contribution in [0.1, 0.15) is 22.3 Å². The number of hydrogen-bond donors (Lipinski definition) is 0. The molecule has 0 spiro atoms. The first-order chi connectivity index (χ1) is 28.4. The van der Waals surface area contributed by atoms with Crippen molar-refractivity contribution in [3.05, 3.63) is 216 Å². The third-order valence-corrected chi connectivity index (χ3v) is 11.7. The van der Waals surface area contributed by atoms with Gasteiger partial charge in [0.25, 0.3) is 0 Å². The van der Waals surface area contributed by atoms with Gasteiger partial charge >= 0.3 is 0 Å². The summed E-state index contributed by atoms with van der Waals surface area (Å²) in [5.74, 6) is 0. The Bertz CT molecular complexity index is 2900. The Labute approximate surface area is 341 Å². The number of para-hydroxylation sites is 2. The van der Waals surface area contributed by atoms with E-state index < -0.39 is 0 Å². The van der Waals surface area contributed by atoms with Crippen molar-refractivity contribution in [3.8, 4) is 22.3 Å². The van der Waals surface area contributed by atoms with Crippen molar-refractivity contribution < 1.29 is 0 Å². The lowest BCUT2D eigenvalue weighted by molar-refractivity contribution is 1.25. The molecule has 0 saturated carbocycles. The highest BCUT2D eigenvalue weighted by molar-refractivity contribution is 6.28. The van der Waals surface area contributed by atoms with E-state index in [1.807, 2.05) is 0 Å². The summed E-state index contributed by atoms with van der Waals surface area (Å²) < 4.78 is 0. The Kier molecular flexibility index (Phi) is 8.76. The van der Waals surface area contributed by atoms with Gasteiger partial charge in [-0.2, -0.15) is 0 Å². The molecule has 0 radical (unpaired) electrons. The van der Waals surface area contributed by atoms with E-state index in [-0.39, 0.29) is 0 Å². The molecule has 0 bridgehead atoms. The van der Waals surface area contributed by atoms with Crippen LogP contribution in [-0.4, -0.2) is 0 Å². The van der Waals surface area contributed by atoms with Gasteiger partial charge in [0.15, 0.2) is 0 Å². The Hall–Kier alpha value is -7.16. The standard InChI is InChI=1S/C56H44N2/c1-37-15-11-23-45(35-37)57(55-39(3)17-13-25-47(55)41-19-7-5-8-20-41)51-33-29-43-28-32-50-52(34-30-44-27-31-49(51)53(43)54(44)50)58(46-24-12-16-38(2)36-46)56-40(4)18-14-26-48(56)42-21-9-6-10-22-42/h5-36H,1-4H3. The molecule has 0 aliphatic carbocycles. The fourth-order valence-electron chi connectivity index (χ4n) is 9.08. The normalized spacial score (nSPS) is 11.4. The van der Waals surface area contributed by atoms with Crippen molar-refractivity contribution >= 4 is 66.4 Å². The molecule has 0 aliphatic rings. The molecule has 2 heteroatoms. The summed E-state index contributed by atoms with van der Waals surface area (Å²) in [6, 6.07) is 71.4. The summed E-state index contributed by atoms with van der Waals surface area (Å²) in [6.45, 7) is 8.84. The van der Waals surface area contributed by atoms with Crippen LogP contribution in [0.3, 0.4) is 0 Å². The first-order valence-corrected chi connectivity index (χ1v) is 20.2. The summed E-state index contributed by atoms with van der Waals surface area (Å²) in [6.07, 6.45) is 0. The van der Waals surface area contributed by atoms with Gasteiger partial charge < -0.3 is 9.80 Å². The molecule has 10 aromatic carbocycles. The van der Waals surface area contributed by atoms with Crippen molar-refractivity contribution in [2.75, 3.05) is 9.80 Å². The van der Waals surface area contributed by atoms with Crippen molar-refractivity contribution in [3.63, 3.8) is 0 Å². The zero-order valence-corrected chi connectivity index (χ0v) is 33.4. The van der Waals surface area contributed by atoms with Gasteiger partial charge in [-0.25, -0.2) is 0 Å². The number of anilines is 6. The number of aryl methyl sites for hydroxylation is 4. The highest BCUT2D eigenvalue weighted by Crippen LogP contribution is 2.51. The van der Waals surface area contributed by atoms with E-state index in [1.165, 1.54) is 88.2 Å². The molecule has 0 amide bonds. The van der Waals surface area contributed by atoms with Gasteiger partial charge in [-0.1, -0.05) is 158 Å². The maximum Gasteiger partial charge on any atom is 0.0569 e. The maximum absolute atomic E-state index is 2.50. The molecule has 0 aromatic heterocycles. The zero-order chi connectivity index (χ0) is 39.3. The second kappa shape index (κ2) is 14.4. The van der Waals surface area contributed by atoms with E-state index >= 15 is 0 Å². The smallest absolute Gasteiger partial charge is 0.0569 e. The van der Waals surface area contributed by atoms with Crippen molar-refractivity contribution in [2.45, 2.75) is 27.7 Å². The van der Waals surface area contributed by atoms with Crippen LogP contribution in [0.4, 0.5) is 34.1 Å². The van der Waals surface area contributed by atoms with Gasteiger partial charge in [0.1, 0.15) is 0 Å². The summed E-state index contributed by atoms with van der Waals surface area (Å²) >= 11 is 0. The number of benzene rings is 10. The fraction of sp³-hybridized carbons (Fsp3) is 0.0714. The summed E-state index contributed by atoms with van der Waals surface area (Å²) in [5.41, 5.74) is 16.7. The van der Waals surface area contributed by atoms with Crippen LogP contribution >= 0.6 is 0 Å². The Morgan fingerprint density at radius 2 is 0.724 bits per heavy atom. The topological polar surface area (TPSA) is 6.48 Å². The predicted octanol–water partition coefficient (Wildman–Crippen LogP) is 16.1. The zero-order valence-electron chi connectivity index (χ0n) is 33.4. The molecule has 0 saturated heterocycles. The van der Waals surface area contributed by atoms with Crippen molar-refractivity contribution in [2.24, 2.45) is 0 Å². The average molecular weight is 745 g/mol. The van der Waals surface area contributed by atoms with E-state index in [1.54, 1.807) is 0 Å². The van der Waals surface area contributed by atoms with E-state index in [0.29, 0.717) is 0 Å². The van der Waals surface area contributed by atoms with Gasteiger partial charge in [0, 0.05) is 33.3 Å². The maximum atomic E-state index is 2.50. The molecular weight excluding hydrogens is 701 g/mol. The molecule has 0 N–H and O–H groups in total. The molecule has 0 fully saturated rings. The molecule has 10 rings (SSSR count). The minimum Gasteiger partial charge on any atom is -0.309 e. The summed E-state index contributed by atoms with van der Waals surface area (Å²) in [7, 11) is 0. The Balaban J connectivity index is 1.27. The van der Waals surface area contributed by atoms with E-state index in [4.69, 9.17) is 0 Å². The van der Waals surface area contributed by atoms with Crippen LogP contribution in [0.2, 0.25) is 0 Å². The number of hydrogen-bond acceptors (Lipinski definition) is 2. The Morgan fingerprint density at radius 1 is 0.328 bits per heavy atom. The van der Waals surface area contributed by atoms with Crippen LogP contribution < -0.4 is 9.80 Å². The average Bonchev–Trinajstić information content (AvgIpc) is 3.25. The first kappa shape index (κ1) is 35.3. The van der Waals surface area contributed by atoms with Crippen molar-refractivity contribution in [1.82, 2.24) is 0 Å².